The molecule has 20 heavy (non-hydrogen) atoms. The minimum atomic E-state index is -0.467. The Hall–Kier alpha value is -1.88. The number of aliphatic imine (C=N–C) groups is 1. The molecule has 0 heterocycles. The molecule has 0 aromatic rings. The van der Waals surface area contributed by atoms with Crippen molar-refractivity contribution in [1.82, 2.24) is 0 Å². The predicted octanol–water partition coefficient (Wildman–Crippen LogP) is 5.37. The normalized spacial score (nSPS) is 16.3. The Bertz CT molecular complexity index is 498. The Balaban J connectivity index is 5.38. The Morgan fingerprint density at radius 3 is 2.35 bits per heavy atom. The van der Waals surface area contributed by atoms with Crippen LogP contribution in [-0.2, 0) is 0 Å². The second kappa shape index (κ2) is 8.32. The second-order valence-corrected chi connectivity index (χ2v) is 5.19. The molecule has 1 atom stereocenters. The van der Waals surface area contributed by atoms with E-state index in [9.17, 15) is 5.26 Å². The van der Waals surface area contributed by atoms with Crippen molar-refractivity contribution in [1.29, 1.82) is 5.26 Å². The van der Waals surface area contributed by atoms with Gasteiger partial charge in [0.25, 0.3) is 0 Å². The van der Waals surface area contributed by atoms with Crippen molar-refractivity contribution in [3.63, 3.8) is 0 Å². The highest BCUT2D eigenvalue weighted by Gasteiger charge is 2.17. The molecule has 0 bridgehead atoms. The molecule has 0 aliphatic heterocycles. The largest absolute Gasteiger partial charge is 0.254 e. The monoisotopic (exact) mass is 270 g/mol. The van der Waals surface area contributed by atoms with Crippen molar-refractivity contribution >= 4 is 5.71 Å². The summed E-state index contributed by atoms with van der Waals surface area (Å²) in [4.78, 5) is 4.52. The average molecular weight is 270 g/mol. The molecule has 0 saturated heterocycles. The summed E-state index contributed by atoms with van der Waals surface area (Å²) in [7, 11) is 0. The zero-order valence-corrected chi connectivity index (χ0v) is 13.5. The van der Waals surface area contributed by atoms with Crippen molar-refractivity contribution in [2.24, 2.45) is 10.4 Å². The van der Waals surface area contributed by atoms with E-state index in [0.717, 1.165) is 35.4 Å². The summed E-state index contributed by atoms with van der Waals surface area (Å²) in [5.74, 6) is 0. The van der Waals surface area contributed by atoms with Crippen LogP contribution in [0.25, 0.3) is 0 Å². The van der Waals surface area contributed by atoms with Crippen LogP contribution in [0.2, 0.25) is 0 Å². The van der Waals surface area contributed by atoms with Gasteiger partial charge in [-0.1, -0.05) is 32.6 Å². The van der Waals surface area contributed by atoms with E-state index >= 15 is 0 Å². The number of nitrogens with zero attached hydrogens (tertiary/aromatic N) is 2. The predicted molar refractivity (Wildman–Crippen MR) is 88.6 cm³/mol. The van der Waals surface area contributed by atoms with E-state index in [1.807, 2.05) is 39.8 Å². The molecule has 0 aromatic carbocycles. The summed E-state index contributed by atoms with van der Waals surface area (Å²) in [5.41, 5.74) is 3.36. The molecule has 0 aliphatic rings. The van der Waals surface area contributed by atoms with E-state index in [0.29, 0.717) is 0 Å². The highest BCUT2D eigenvalue weighted by Crippen LogP contribution is 2.23. The average Bonchev–Trinajstić information content (AvgIpc) is 2.44. The number of hydrogen-bond donors (Lipinski definition) is 0. The van der Waals surface area contributed by atoms with Gasteiger partial charge in [0, 0.05) is 5.70 Å². The fourth-order valence-corrected chi connectivity index (χ4v) is 1.65. The van der Waals surface area contributed by atoms with Gasteiger partial charge in [0.2, 0.25) is 0 Å². The molecule has 0 N–H and O–H groups in total. The molecule has 0 spiro atoms. The SMILES string of the molecule is C=CC(/C=C(\C)C(=C)CC)=N\C(C)=C\C(C)(C#N)CC. The van der Waals surface area contributed by atoms with Crippen LogP contribution in [-0.4, -0.2) is 5.71 Å². The van der Waals surface area contributed by atoms with Crippen LogP contribution in [0.3, 0.4) is 0 Å². The van der Waals surface area contributed by atoms with Crippen LogP contribution in [0.5, 0.6) is 0 Å². The molecule has 2 nitrogen and oxygen atoms in total. The van der Waals surface area contributed by atoms with Gasteiger partial charge in [-0.15, -0.1) is 0 Å². The smallest absolute Gasteiger partial charge is 0.0743 e. The summed E-state index contributed by atoms with van der Waals surface area (Å²) >= 11 is 0. The van der Waals surface area contributed by atoms with E-state index in [1.54, 1.807) is 6.08 Å². The van der Waals surface area contributed by atoms with Gasteiger partial charge in [0.1, 0.15) is 0 Å². The third-order valence-electron chi connectivity index (χ3n) is 3.38. The molecule has 1 unspecified atom stereocenters. The molecule has 0 fully saturated rings. The summed E-state index contributed by atoms with van der Waals surface area (Å²) in [5, 5.41) is 9.19. The molecule has 0 rings (SSSR count). The Kier molecular flexibility index (Phi) is 7.54. The molecule has 108 valence electrons. The van der Waals surface area contributed by atoms with Gasteiger partial charge in [-0.3, -0.25) is 4.99 Å². The molecular formula is C18H26N2. The van der Waals surface area contributed by atoms with Gasteiger partial charge >= 0.3 is 0 Å². The Morgan fingerprint density at radius 1 is 1.35 bits per heavy atom. The van der Waals surface area contributed by atoms with E-state index in [1.165, 1.54) is 0 Å². The van der Waals surface area contributed by atoms with E-state index in [2.05, 4.69) is 31.1 Å². The van der Waals surface area contributed by atoms with Gasteiger partial charge in [-0.25, -0.2) is 0 Å². The molecule has 0 radical (unpaired) electrons. The van der Waals surface area contributed by atoms with Gasteiger partial charge in [0.05, 0.1) is 17.2 Å². The molecule has 0 aromatic heterocycles. The van der Waals surface area contributed by atoms with Gasteiger partial charge in [0.15, 0.2) is 0 Å². The second-order valence-electron chi connectivity index (χ2n) is 5.19. The number of hydrogen-bond acceptors (Lipinski definition) is 2. The van der Waals surface area contributed by atoms with Crippen molar-refractivity contribution in [2.45, 2.75) is 47.5 Å². The van der Waals surface area contributed by atoms with Crippen molar-refractivity contribution in [3.8, 4) is 6.07 Å². The van der Waals surface area contributed by atoms with E-state index in [-0.39, 0.29) is 0 Å². The van der Waals surface area contributed by atoms with Gasteiger partial charge in [-0.2, -0.15) is 5.26 Å². The van der Waals surface area contributed by atoms with E-state index < -0.39 is 5.41 Å². The zero-order valence-electron chi connectivity index (χ0n) is 13.5. The molecule has 0 saturated carbocycles. The lowest BCUT2D eigenvalue weighted by atomic mass is 9.88. The minimum Gasteiger partial charge on any atom is -0.254 e. The fraction of sp³-hybridized carbons (Fsp3) is 0.444. The van der Waals surface area contributed by atoms with Gasteiger partial charge in [-0.05, 0) is 57.4 Å². The number of nitriles is 1. The third-order valence-corrected chi connectivity index (χ3v) is 3.38. The lowest BCUT2D eigenvalue weighted by Gasteiger charge is -2.14. The van der Waals surface area contributed by atoms with Crippen LogP contribution in [0.15, 0.2) is 53.2 Å². The van der Waals surface area contributed by atoms with Crippen LogP contribution in [0, 0.1) is 16.7 Å². The fourth-order valence-electron chi connectivity index (χ4n) is 1.65. The van der Waals surface area contributed by atoms with Gasteiger partial charge < -0.3 is 0 Å². The Morgan fingerprint density at radius 2 is 1.95 bits per heavy atom. The standard InChI is InChI=1S/C18H26N2/c1-8-14(4)15(5)11-17(9-2)20-16(6)12-18(7,10-3)13-19/h9,11-12H,2,4,8,10H2,1,3,5-7H3/b15-11+,16-12+,20-17+. The van der Waals surface area contributed by atoms with Crippen LogP contribution < -0.4 is 0 Å². The number of rotatable bonds is 7. The molecule has 2 heteroatoms. The van der Waals surface area contributed by atoms with Crippen molar-refractivity contribution < 1.29 is 0 Å². The van der Waals surface area contributed by atoms with Crippen LogP contribution in [0.4, 0.5) is 0 Å². The maximum absolute atomic E-state index is 9.19. The maximum Gasteiger partial charge on any atom is 0.0743 e. The summed E-state index contributed by atoms with van der Waals surface area (Å²) < 4.78 is 0. The van der Waals surface area contributed by atoms with Crippen LogP contribution in [0.1, 0.15) is 47.5 Å². The first-order valence-electron chi connectivity index (χ1n) is 7.00. The molecule has 0 aliphatic carbocycles. The highest BCUT2D eigenvalue weighted by atomic mass is 14.7. The van der Waals surface area contributed by atoms with E-state index in [4.69, 9.17) is 0 Å². The quantitative estimate of drug-likeness (QED) is 0.452. The third kappa shape index (κ3) is 5.84. The lowest BCUT2D eigenvalue weighted by Crippen LogP contribution is -2.08. The highest BCUT2D eigenvalue weighted by molar-refractivity contribution is 6.04. The maximum atomic E-state index is 9.19. The summed E-state index contributed by atoms with van der Waals surface area (Å²) in [6.07, 6.45) is 7.30. The Labute approximate surface area is 123 Å². The molecular weight excluding hydrogens is 244 g/mol. The zero-order chi connectivity index (χ0) is 15.8. The summed E-state index contributed by atoms with van der Waals surface area (Å²) in [6, 6.07) is 2.32. The first-order valence-corrected chi connectivity index (χ1v) is 7.00. The molecule has 0 amide bonds. The minimum absolute atomic E-state index is 0.467. The first kappa shape index (κ1) is 18.1. The first-order chi connectivity index (χ1) is 9.31. The topological polar surface area (TPSA) is 36.1 Å². The lowest BCUT2D eigenvalue weighted by molar-refractivity contribution is 0.541. The van der Waals surface area contributed by atoms with Crippen molar-refractivity contribution in [3.05, 3.63) is 48.2 Å². The summed E-state index contributed by atoms with van der Waals surface area (Å²) in [6.45, 7) is 17.7. The number of allylic oxidation sites excluding steroid dienone is 6. The van der Waals surface area contributed by atoms with Crippen molar-refractivity contribution in [2.75, 3.05) is 0 Å². The van der Waals surface area contributed by atoms with Crippen LogP contribution >= 0.6 is 0 Å².